The van der Waals surface area contributed by atoms with Crippen LogP contribution in [0.5, 0.6) is 11.5 Å². The number of phenolic OH excluding ortho intramolecular Hbond substituents is 1. The molecule has 2 N–H and O–H groups in total. The largest absolute Gasteiger partial charge is 0.507 e. The SMILES string of the molecule is CN(C)CCNC(=O)c1ccc(-c2ccnc3c2c(/C=C2\Oc4cccc(O)c4C2=O)cn3C)cc1. The Labute approximate surface area is 208 Å². The van der Waals surface area contributed by atoms with E-state index in [2.05, 4.69) is 10.3 Å². The van der Waals surface area contributed by atoms with E-state index in [1.54, 1.807) is 36.5 Å². The Morgan fingerprint density at radius 1 is 1.17 bits per heavy atom. The van der Waals surface area contributed by atoms with Crippen LogP contribution in [0.4, 0.5) is 0 Å². The van der Waals surface area contributed by atoms with Gasteiger partial charge < -0.3 is 24.6 Å². The van der Waals surface area contributed by atoms with Gasteiger partial charge in [-0.25, -0.2) is 4.98 Å². The molecule has 1 aliphatic rings. The number of aryl methyl sites for hydroxylation is 1. The van der Waals surface area contributed by atoms with E-state index in [0.29, 0.717) is 17.9 Å². The Balaban J connectivity index is 1.50. The summed E-state index contributed by atoms with van der Waals surface area (Å²) < 4.78 is 7.66. The Hall–Kier alpha value is -4.43. The smallest absolute Gasteiger partial charge is 0.251 e. The number of ketones is 1. The molecule has 8 heteroatoms. The number of amides is 1. The number of allylic oxidation sites excluding steroid dienone is 1. The number of rotatable bonds is 6. The Morgan fingerprint density at radius 3 is 2.67 bits per heavy atom. The predicted molar refractivity (Wildman–Crippen MR) is 138 cm³/mol. The van der Waals surface area contributed by atoms with Crippen molar-refractivity contribution in [3.63, 3.8) is 0 Å². The van der Waals surface area contributed by atoms with Crippen molar-refractivity contribution in [2.45, 2.75) is 0 Å². The van der Waals surface area contributed by atoms with E-state index in [0.717, 1.165) is 34.3 Å². The van der Waals surface area contributed by atoms with Gasteiger partial charge in [0.25, 0.3) is 5.91 Å². The van der Waals surface area contributed by atoms with Gasteiger partial charge in [-0.3, -0.25) is 9.59 Å². The summed E-state index contributed by atoms with van der Waals surface area (Å²) in [5, 5.41) is 13.9. The number of pyridine rings is 1. The molecule has 8 nitrogen and oxygen atoms in total. The number of nitrogens with zero attached hydrogens (tertiary/aromatic N) is 3. The van der Waals surface area contributed by atoms with Gasteiger partial charge in [0.15, 0.2) is 5.76 Å². The second-order valence-electron chi connectivity index (χ2n) is 8.98. The number of aromatic hydroxyl groups is 1. The molecule has 0 radical (unpaired) electrons. The maximum atomic E-state index is 12.9. The fraction of sp³-hybridized carbons (Fsp3) is 0.179. The number of benzene rings is 2. The predicted octanol–water partition coefficient (Wildman–Crippen LogP) is 3.85. The standard InChI is InChI=1S/C28H26N4O4/c1-31(2)14-13-30-28(35)18-9-7-17(8-10-18)20-11-12-29-27-24(20)19(16-32(27)3)15-23-26(34)25-21(33)5-4-6-22(25)36-23/h4-12,15-16,33H,13-14H2,1-3H3,(H,30,35)/b23-15-. The fourth-order valence-corrected chi connectivity index (χ4v) is 4.34. The number of carbonyl (C=O) groups excluding carboxylic acids is 2. The average molecular weight is 483 g/mol. The second-order valence-corrected chi connectivity index (χ2v) is 8.98. The molecule has 182 valence electrons. The number of nitrogens with one attached hydrogen (secondary N) is 1. The van der Waals surface area contributed by atoms with Crippen molar-refractivity contribution in [2.75, 3.05) is 27.2 Å². The highest BCUT2D eigenvalue weighted by Gasteiger charge is 2.30. The molecule has 2 aromatic heterocycles. The zero-order valence-electron chi connectivity index (χ0n) is 20.3. The lowest BCUT2D eigenvalue weighted by Gasteiger charge is -2.11. The maximum absolute atomic E-state index is 12.9. The van der Waals surface area contributed by atoms with Crippen molar-refractivity contribution in [3.8, 4) is 22.6 Å². The molecule has 3 heterocycles. The minimum absolute atomic E-state index is 0.105. The van der Waals surface area contributed by atoms with E-state index >= 15 is 0 Å². The van der Waals surface area contributed by atoms with Gasteiger partial charge in [0.1, 0.15) is 22.7 Å². The molecule has 36 heavy (non-hydrogen) atoms. The third-order valence-electron chi connectivity index (χ3n) is 6.15. The number of aromatic nitrogens is 2. The number of carbonyl (C=O) groups is 2. The summed E-state index contributed by atoms with van der Waals surface area (Å²) in [6.45, 7) is 1.34. The Morgan fingerprint density at radius 2 is 1.94 bits per heavy atom. The highest BCUT2D eigenvalue weighted by atomic mass is 16.5. The number of ether oxygens (including phenoxy) is 1. The normalized spacial score (nSPS) is 13.9. The Bertz CT molecular complexity index is 1520. The van der Waals surface area contributed by atoms with Gasteiger partial charge in [-0.15, -0.1) is 0 Å². The van der Waals surface area contributed by atoms with Crippen molar-refractivity contribution < 1.29 is 19.4 Å². The highest BCUT2D eigenvalue weighted by molar-refractivity contribution is 6.17. The molecule has 0 spiro atoms. The maximum Gasteiger partial charge on any atom is 0.251 e. The van der Waals surface area contributed by atoms with Crippen LogP contribution in [0.15, 0.2) is 66.7 Å². The summed E-state index contributed by atoms with van der Waals surface area (Å²) in [7, 11) is 5.81. The molecule has 1 amide bonds. The van der Waals surface area contributed by atoms with Crippen LogP contribution >= 0.6 is 0 Å². The van der Waals surface area contributed by atoms with Crippen molar-refractivity contribution in [2.24, 2.45) is 7.05 Å². The molecule has 0 unspecified atom stereocenters. The van der Waals surface area contributed by atoms with Crippen LogP contribution in [0.2, 0.25) is 0 Å². The third-order valence-corrected chi connectivity index (χ3v) is 6.15. The summed E-state index contributed by atoms with van der Waals surface area (Å²) in [5.41, 5.74) is 4.09. The Kier molecular flexibility index (Phi) is 6.03. The van der Waals surface area contributed by atoms with Gasteiger partial charge in [-0.2, -0.15) is 0 Å². The van der Waals surface area contributed by atoms with Gasteiger partial charge in [0.2, 0.25) is 5.78 Å². The molecule has 0 saturated carbocycles. The van der Waals surface area contributed by atoms with E-state index in [9.17, 15) is 14.7 Å². The lowest BCUT2D eigenvalue weighted by Crippen LogP contribution is -2.31. The number of phenols is 1. The first-order chi connectivity index (χ1) is 17.3. The van der Waals surface area contributed by atoms with Crippen LogP contribution in [0.1, 0.15) is 26.3 Å². The molecule has 0 bridgehead atoms. The molecule has 5 rings (SSSR count). The third kappa shape index (κ3) is 4.23. The summed E-state index contributed by atoms with van der Waals surface area (Å²) in [5.74, 6) is -0.113. The van der Waals surface area contributed by atoms with E-state index < -0.39 is 0 Å². The summed E-state index contributed by atoms with van der Waals surface area (Å²) in [6.07, 6.45) is 5.31. The first-order valence-electron chi connectivity index (χ1n) is 11.6. The fourth-order valence-electron chi connectivity index (χ4n) is 4.34. The van der Waals surface area contributed by atoms with Crippen molar-refractivity contribution in [3.05, 3.63) is 83.4 Å². The van der Waals surface area contributed by atoms with Crippen LogP contribution in [0.3, 0.4) is 0 Å². The number of hydrogen-bond acceptors (Lipinski definition) is 6. The first-order valence-corrected chi connectivity index (χ1v) is 11.6. The molecule has 0 aliphatic carbocycles. The summed E-state index contributed by atoms with van der Waals surface area (Å²) in [4.78, 5) is 31.9. The van der Waals surface area contributed by atoms with E-state index in [1.165, 1.54) is 6.07 Å². The lowest BCUT2D eigenvalue weighted by atomic mass is 9.99. The molecule has 0 fully saturated rings. The van der Waals surface area contributed by atoms with E-state index in [4.69, 9.17) is 4.74 Å². The number of Topliss-reactive ketones (excluding diaryl/α,β-unsaturated/α-hetero) is 1. The zero-order chi connectivity index (χ0) is 25.4. The van der Waals surface area contributed by atoms with E-state index in [-0.39, 0.29) is 28.8 Å². The first kappa shape index (κ1) is 23.3. The van der Waals surface area contributed by atoms with Crippen molar-refractivity contribution >= 4 is 28.8 Å². The minimum atomic E-state index is -0.366. The van der Waals surface area contributed by atoms with Gasteiger partial charge in [-0.1, -0.05) is 18.2 Å². The monoisotopic (exact) mass is 482 g/mol. The number of fused-ring (bicyclic) bond motifs is 2. The molecule has 2 aromatic carbocycles. The lowest BCUT2D eigenvalue weighted by molar-refractivity contribution is 0.0950. The summed E-state index contributed by atoms with van der Waals surface area (Å²) >= 11 is 0. The minimum Gasteiger partial charge on any atom is -0.507 e. The van der Waals surface area contributed by atoms with E-state index in [1.807, 2.05) is 55.0 Å². The number of likely N-dealkylation sites (N-methyl/N-ethyl adjacent to an activating group) is 1. The quantitative estimate of drug-likeness (QED) is 0.405. The second kappa shape index (κ2) is 9.31. The molecule has 1 aliphatic heterocycles. The topological polar surface area (TPSA) is 96.7 Å². The van der Waals surface area contributed by atoms with Gasteiger partial charge in [-0.05, 0) is 61.6 Å². The van der Waals surface area contributed by atoms with Gasteiger partial charge in [0, 0.05) is 49.0 Å². The molecular formula is C28H26N4O4. The number of hydrogen-bond donors (Lipinski definition) is 2. The zero-order valence-corrected chi connectivity index (χ0v) is 20.3. The molecule has 0 saturated heterocycles. The van der Waals surface area contributed by atoms with Crippen LogP contribution in [-0.4, -0.2) is 58.4 Å². The summed E-state index contributed by atoms with van der Waals surface area (Å²) in [6, 6.07) is 14.1. The van der Waals surface area contributed by atoms with Crippen LogP contribution < -0.4 is 10.1 Å². The molecular weight excluding hydrogens is 456 g/mol. The average Bonchev–Trinajstić information content (AvgIpc) is 3.36. The van der Waals surface area contributed by atoms with Crippen LogP contribution in [-0.2, 0) is 7.05 Å². The molecule has 0 atom stereocenters. The van der Waals surface area contributed by atoms with Crippen LogP contribution in [0, 0.1) is 0 Å². The van der Waals surface area contributed by atoms with Crippen molar-refractivity contribution in [1.29, 1.82) is 0 Å². The van der Waals surface area contributed by atoms with Crippen molar-refractivity contribution in [1.82, 2.24) is 19.8 Å². The highest BCUT2D eigenvalue weighted by Crippen LogP contribution is 2.39. The van der Waals surface area contributed by atoms with Gasteiger partial charge >= 0.3 is 0 Å². The van der Waals surface area contributed by atoms with Crippen LogP contribution in [0.25, 0.3) is 28.2 Å². The molecule has 4 aromatic rings. The van der Waals surface area contributed by atoms with Gasteiger partial charge in [0.05, 0.1) is 0 Å².